The highest BCUT2D eigenvalue weighted by molar-refractivity contribution is 8.05. The third-order valence-corrected chi connectivity index (χ3v) is 10.8. The number of benzene rings is 2. The van der Waals surface area contributed by atoms with Crippen LogP contribution in [0.1, 0.15) is 31.4 Å². The quantitative estimate of drug-likeness (QED) is 0.331. The molecule has 3 saturated heterocycles. The third-order valence-electron chi connectivity index (χ3n) is 8.21. The number of aromatic nitrogens is 1. The average molecular weight is 563 g/mol. The molecule has 204 valence electrons. The van der Waals surface area contributed by atoms with Gasteiger partial charge in [0.15, 0.2) is 0 Å². The highest BCUT2D eigenvalue weighted by Gasteiger charge is 2.37. The van der Waals surface area contributed by atoms with Crippen LogP contribution in [0.15, 0.2) is 79.1 Å². The number of anilines is 2. The maximum atomic E-state index is 11.9. The van der Waals surface area contributed by atoms with Gasteiger partial charge in [-0.3, -0.25) is 9.69 Å². The van der Waals surface area contributed by atoms with Crippen molar-refractivity contribution in [3.8, 4) is 0 Å². The van der Waals surface area contributed by atoms with E-state index in [0.717, 1.165) is 38.5 Å². The van der Waals surface area contributed by atoms with Gasteiger partial charge in [-0.1, -0.05) is 35.7 Å². The molecular weight excluding hydrogens is 528 g/mol. The van der Waals surface area contributed by atoms with Crippen LogP contribution in [0.5, 0.6) is 0 Å². The zero-order valence-corrected chi connectivity index (χ0v) is 23.7. The molecule has 7 nitrogen and oxygen atoms in total. The fourth-order valence-corrected chi connectivity index (χ4v) is 8.78. The average Bonchev–Trinajstić information content (AvgIpc) is 3.15. The molecule has 3 aromatic rings. The first kappa shape index (κ1) is 25.5. The van der Waals surface area contributed by atoms with E-state index in [1.165, 1.54) is 43.7 Å². The molecule has 4 unspecified atom stereocenters. The number of rotatable bonds is 6. The molecule has 0 saturated carbocycles. The van der Waals surface area contributed by atoms with E-state index in [0.29, 0.717) is 24.7 Å². The van der Waals surface area contributed by atoms with Crippen LogP contribution < -0.4 is 15.8 Å². The second-order valence-corrected chi connectivity index (χ2v) is 13.1. The second-order valence-electron chi connectivity index (χ2n) is 10.9. The summed E-state index contributed by atoms with van der Waals surface area (Å²) in [6.45, 7) is 7.25. The van der Waals surface area contributed by atoms with Crippen molar-refractivity contribution in [2.75, 3.05) is 49.7 Å². The number of fused-ring (bicyclic) bond motifs is 4. The summed E-state index contributed by atoms with van der Waals surface area (Å²) in [6, 6.07) is 18.5. The zero-order chi connectivity index (χ0) is 26.3. The molecule has 4 aliphatic heterocycles. The van der Waals surface area contributed by atoms with Gasteiger partial charge in [-0.25, -0.2) is 0 Å². The zero-order valence-electron chi connectivity index (χ0n) is 22.1. The Kier molecular flexibility index (Phi) is 7.11. The molecule has 9 heteroatoms. The van der Waals surface area contributed by atoms with E-state index < -0.39 is 0 Å². The third kappa shape index (κ3) is 5.23. The van der Waals surface area contributed by atoms with Crippen LogP contribution in [0.3, 0.4) is 0 Å². The van der Waals surface area contributed by atoms with Gasteiger partial charge in [0.2, 0.25) is 5.56 Å². The van der Waals surface area contributed by atoms with Crippen LogP contribution in [0, 0.1) is 0 Å². The molecule has 2 N–H and O–H groups in total. The maximum Gasteiger partial charge on any atom is 0.249 e. The monoisotopic (exact) mass is 562 g/mol. The van der Waals surface area contributed by atoms with Crippen molar-refractivity contribution < 1.29 is 9.47 Å². The summed E-state index contributed by atoms with van der Waals surface area (Å²) in [5.41, 5.74) is 3.27. The molecule has 5 heterocycles. The first-order chi connectivity index (χ1) is 19.1. The Labute approximate surface area is 237 Å². The van der Waals surface area contributed by atoms with Crippen LogP contribution in [0.2, 0.25) is 0 Å². The SMILES string of the molecule is CC(CN1C2CCC1COC2)Nc1ccc2c(c1)Sc1cccc(C3CN(c4cc[nH]c(=O)c4)CCO3)c1S2. The Bertz CT molecular complexity index is 1400. The van der Waals surface area contributed by atoms with Crippen molar-refractivity contribution in [1.82, 2.24) is 9.88 Å². The number of H-pyrrole nitrogens is 1. The smallest absolute Gasteiger partial charge is 0.249 e. The minimum absolute atomic E-state index is 0.0418. The number of nitrogens with zero attached hydrogens (tertiary/aromatic N) is 2. The molecule has 1 aromatic heterocycles. The number of aromatic amines is 1. The second kappa shape index (κ2) is 10.9. The Morgan fingerprint density at radius 3 is 2.77 bits per heavy atom. The minimum atomic E-state index is -0.0762. The van der Waals surface area contributed by atoms with E-state index in [2.05, 4.69) is 63.4 Å². The lowest BCUT2D eigenvalue weighted by atomic mass is 10.1. The summed E-state index contributed by atoms with van der Waals surface area (Å²) in [6.07, 6.45) is 4.20. The van der Waals surface area contributed by atoms with Gasteiger partial charge >= 0.3 is 0 Å². The molecule has 2 bridgehead atoms. The summed E-state index contributed by atoms with van der Waals surface area (Å²) >= 11 is 3.69. The molecule has 4 atom stereocenters. The summed E-state index contributed by atoms with van der Waals surface area (Å²) in [4.78, 5) is 24.6. The topological polar surface area (TPSA) is 69.8 Å². The molecule has 2 aromatic carbocycles. The number of ether oxygens (including phenoxy) is 2. The minimum Gasteiger partial charge on any atom is -0.381 e. The van der Waals surface area contributed by atoms with Gasteiger partial charge in [0.1, 0.15) is 6.10 Å². The van der Waals surface area contributed by atoms with Crippen LogP contribution >= 0.6 is 23.5 Å². The molecule has 4 aliphatic rings. The van der Waals surface area contributed by atoms with Gasteiger partial charge in [-0.2, -0.15) is 0 Å². The Morgan fingerprint density at radius 1 is 1.05 bits per heavy atom. The number of nitrogens with one attached hydrogen (secondary N) is 2. The van der Waals surface area contributed by atoms with Crippen molar-refractivity contribution in [1.29, 1.82) is 0 Å². The van der Waals surface area contributed by atoms with Gasteiger partial charge in [0.25, 0.3) is 0 Å². The molecule has 0 spiro atoms. The lowest BCUT2D eigenvalue weighted by Crippen LogP contribution is -2.49. The summed E-state index contributed by atoms with van der Waals surface area (Å²) < 4.78 is 12.0. The molecule has 3 fully saturated rings. The number of morpholine rings is 2. The summed E-state index contributed by atoms with van der Waals surface area (Å²) in [5.74, 6) is 0. The first-order valence-electron chi connectivity index (χ1n) is 13.9. The maximum absolute atomic E-state index is 11.9. The predicted molar refractivity (Wildman–Crippen MR) is 157 cm³/mol. The van der Waals surface area contributed by atoms with Crippen molar-refractivity contribution in [2.45, 2.75) is 63.6 Å². The molecule has 0 amide bonds. The van der Waals surface area contributed by atoms with Gasteiger partial charge < -0.3 is 24.7 Å². The number of hydrogen-bond donors (Lipinski definition) is 2. The van der Waals surface area contributed by atoms with Gasteiger partial charge in [0, 0.05) is 81.0 Å². The fourth-order valence-electron chi connectivity index (χ4n) is 6.33. The Morgan fingerprint density at radius 2 is 1.92 bits per heavy atom. The highest BCUT2D eigenvalue weighted by atomic mass is 32.2. The predicted octanol–water partition coefficient (Wildman–Crippen LogP) is 5.23. The van der Waals surface area contributed by atoms with Crippen LogP contribution in [-0.2, 0) is 9.47 Å². The van der Waals surface area contributed by atoms with Crippen molar-refractivity contribution >= 4 is 34.9 Å². The van der Waals surface area contributed by atoms with Gasteiger partial charge in [-0.05, 0) is 55.7 Å². The van der Waals surface area contributed by atoms with Crippen LogP contribution in [0.25, 0.3) is 0 Å². The summed E-state index contributed by atoms with van der Waals surface area (Å²) in [7, 11) is 0. The largest absolute Gasteiger partial charge is 0.381 e. The van der Waals surface area contributed by atoms with E-state index in [9.17, 15) is 4.79 Å². The van der Waals surface area contributed by atoms with E-state index in [1.807, 2.05) is 29.6 Å². The molecule has 0 aliphatic carbocycles. The van der Waals surface area contributed by atoms with E-state index >= 15 is 0 Å². The van der Waals surface area contributed by atoms with Crippen LogP contribution in [0.4, 0.5) is 11.4 Å². The Balaban J connectivity index is 1.05. The van der Waals surface area contributed by atoms with Crippen molar-refractivity contribution in [2.24, 2.45) is 0 Å². The van der Waals surface area contributed by atoms with Crippen molar-refractivity contribution in [3.63, 3.8) is 0 Å². The lowest BCUT2D eigenvalue weighted by molar-refractivity contribution is -0.0153. The van der Waals surface area contributed by atoms with E-state index in [4.69, 9.17) is 9.47 Å². The normalized spacial score (nSPS) is 25.2. The van der Waals surface area contributed by atoms with E-state index in [-0.39, 0.29) is 11.7 Å². The van der Waals surface area contributed by atoms with Crippen LogP contribution in [-0.4, -0.2) is 67.5 Å². The van der Waals surface area contributed by atoms with Gasteiger partial charge in [-0.15, -0.1) is 0 Å². The molecular formula is C30H34N4O3S2. The molecule has 39 heavy (non-hydrogen) atoms. The molecule has 0 radical (unpaired) electrons. The summed E-state index contributed by atoms with van der Waals surface area (Å²) in [5, 5.41) is 3.76. The fraction of sp³-hybridized carbons (Fsp3) is 0.433. The van der Waals surface area contributed by atoms with Crippen molar-refractivity contribution in [3.05, 3.63) is 70.6 Å². The number of hydrogen-bond acceptors (Lipinski definition) is 8. The molecule has 7 rings (SSSR count). The van der Waals surface area contributed by atoms with Gasteiger partial charge in [0.05, 0.1) is 19.8 Å². The highest BCUT2D eigenvalue weighted by Crippen LogP contribution is 2.51. The lowest BCUT2D eigenvalue weighted by Gasteiger charge is -2.36. The Hall–Kier alpha value is -2.43. The first-order valence-corrected chi connectivity index (χ1v) is 15.5. The number of pyridine rings is 1. The standard InChI is InChI=1S/C30H34N4O3S2/c1-19(15-34-22-6-7-23(34)18-36-17-22)32-20-5-8-26-28(13-20)38-27-4-2-3-24(30(27)39-26)25-16-33(11-12-37-25)21-9-10-31-29(35)14-21/h2-5,8-10,13-14,19,22-23,25,32H,6-7,11-12,15-18H2,1H3,(H,31,35). The van der Waals surface area contributed by atoms with E-state index in [1.54, 1.807) is 12.3 Å².